The van der Waals surface area contributed by atoms with Gasteiger partial charge in [0.1, 0.15) is 0 Å². The van der Waals surface area contributed by atoms with E-state index in [0.29, 0.717) is 5.69 Å². The summed E-state index contributed by atoms with van der Waals surface area (Å²) in [6.07, 6.45) is 0. The fourth-order valence-corrected chi connectivity index (χ4v) is 1.75. The Kier molecular flexibility index (Phi) is 3.38. The number of methoxy groups -OCH3 is 1. The maximum Gasteiger partial charge on any atom is 0.286 e. The maximum atomic E-state index is 13.2. The molecular weight excluding hydrogens is 259 g/mol. The highest BCUT2D eigenvalue weighted by Gasteiger charge is 2.13. The number of hydrogen-bond acceptors (Lipinski definition) is 6. The first-order valence-corrected chi connectivity index (χ1v) is 5.65. The molecule has 18 heavy (non-hydrogen) atoms. The van der Waals surface area contributed by atoms with Gasteiger partial charge >= 0.3 is 0 Å². The van der Waals surface area contributed by atoms with E-state index in [2.05, 4.69) is 15.5 Å². The lowest BCUT2D eigenvalue weighted by Gasteiger charge is -2.06. The minimum absolute atomic E-state index is 0.0459. The summed E-state index contributed by atoms with van der Waals surface area (Å²) >= 11 is 0.966. The van der Waals surface area contributed by atoms with Crippen LogP contribution in [-0.4, -0.2) is 23.2 Å². The lowest BCUT2D eigenvalue weighted by atomic mass is 10.3. The fourth-order valence-electron chi connectivity index (χ4n) is 1.25. The molecule has 1 amide bonds. The van der Waals surface area contributed by atoms with E-state index in [4.69, 9.17) is 10.5 Å². The largest absolute Gasteiger partial charge is 0.494 e. The average molecular weight is 268 g/mol. The highest BCUT2D eigenvalue weighted by molar-refractivity contribution is 7.16. The summed E-state index contributed by atoms with van der Waals surface area (Å²) in [5.41, 5.74) is 5.77. The first-order chi connectivity index (χ1) is 8.60. The van der Waals surface area contributed by atoms with Crippen molar-refractivity contribution in [1.82, 2.24) is 10.2 Å². The number of amides is 1. The van der Waals surface area contributed by atoms with Crippen molar-refractivity contribution in [2.45, 2.75) is 0 Å². The molecule has 1 aromatic heterocycles. The lowest BCUT2D eigenvalue weighted by Crippen LogP contribution is -2.11. The molecular formula is C10H9FN4O2S. The van der Waals surface area contributed by atoms with Gasteiger partial charge in [-0.2, -0.15) is 0 Å². The zero-order valence-corrected chi connectivity index (χ0v) is 10.1. The number of aromatic nitrogens is 2. The van der Waals surface area contributed by atoms with Crippen molar-refractivity contribution in [3.05, 3.63) is 29.0 Å². The summed E-state index contributed by atoms with van der Waals surface area (Å²) in [5, 5.41) is 10.0. The minimum atomic E-state index is -0.504. The van der Waals surface area contributed by atoms with Gasteiger partial charge in [0.25, 0.3) is 5.91 Å². The molecule has 2 aromatic rings. The Morgan fingerprint density at radius 2 is 2.28 bits per heavy atom. The van der Waals surface area contributed by atoms with Gasteiger partial charge in [-0.3, -0.25) is 4.79 Å². The molecule has 0 bridgehead atoms. The second kappa shape index (κ2) is 4.96. The number of halogens is 1. The van der Waals surface area contributed by atoms with Crippen molar-refractivity contribution < 1.29 is 13.9 Å². The third-order valence-corrected chi connectivity index (χ3v) is 2.80. The van der Waals surface area contributed by atoms with Crippen LogP contribution >= 0.6 is 11.3 Å². The van der Waals surface area contributed by atoms with Crippen LogP contribution in [0.25, 0.3) is 0 Å². The molecule has 6 nitrogen and oxygen atoms in total. The topological polar surface area (TPSA) is 90.1 Å². The molecule has 0 saturated heterocycles. The number of anilines is 2. The third kappa shape index (κ3) is 2.54. The monoisotopic (exact) mass is 268 g/mol. The van der Waals surface area contributed by atoms with Crippen LogP contribution in [0.2, 0.25) is 0 Å². The van der Waals surface area contributed by atoms with Gasteiger partial charge in [0, 0.05) is 11.8 Å². The van der Waals surface area contributed by atoms with Crippen molar-refractivity contribution in [2.75, 3.05) is 18.2 Å². The predicted molar refractivity (Wildman–Crippen MR) is 65.2 cm³/mol. The molecule has 0 unspecified atom stereocenters. The summed E-state index contributed by atoms with van der Waals surface area (Å²) < 4.78 is 18.0. The Morgan fingerprint density at radius 1 is 1.50 bits per heavy atom. The molecule has 1 aromatic carbocycles. The van der Waals surface area contributed by atoms with Crippen LogP contribution in [-0.2, 0) is 0 Å². The first kappa shape index (κ1) is 12.2. The molecule has 1 heterocycles. The van der Waals surface area contributed by atoms with Gasteiger partial charge in [-0.1, -0.05) is 11.3 Å². The smallest absolute Gasteiger partial charge is 0.286 e. The van der Waals surface area contributed by atoms with Gasteiger partial charge in [0.2, 0.25) is 10.1 Å². The van der Waals surface area contributed by atoms with Crippen molar-refractivity contribution >= 4 is 28.1 Å². The van der Waals surface area contributed by atoms with E-state index in [1.54, 1.807) is 0 Å². The summed E-state index contributed by atoms with van der Waals surface area (Å²) in [4.78, 5) is 11.7. The third-order valence-electron chi connectivity index (χ3n) is 2.04. The maximum absolute atomic E-state index is 13.2. The molecule has 0 aliphatic rings. The normalized spacial score (nSPS) is 10.1. The van der Waals surface area contributed by atoms with E-state index in [1.807, 2.05) is 0 Å². The van der Waals surface area contributed by atoms with Crippen molar-refractivity contribution in [3.8, 4) is 5.75 Å². The van der Waals surface area contributed by atoms with E-state index in [1.165, 1.54) is 25.3 Å². The number of ether oxygens (including phenoxy) is 1. The number of benzene rings is 1. The fraction of sp³-hybridized carbons (Fsp3) is 0.100. The number of rotatable bonds is 3. The minimum Gasteiger partial charge on any atom is -0.494 e. The Balaban J connectivity index is 2.16. The molecule has 3 N–H and O–H groups in total. The number of nitrogens with zero attached hydrogens (tertiary/aromatic N) is 2. The second-order valence-electron chi connectivity index (χ2n) is 3.25. The van der Waals surface area contributed by atoms with E-state index >= 15 is 0 Å². The molecule has 0 radical (unpaired) electrons. The van der Waals surface area contributed by atoms with Gasteiger partial charge in [0.05, 0.1) is 7.11 Å². The second-order valence-corrected chi connectivity index (χ2v) is 4.26. The van der Waals surface area contributed by atoms with Crippen LogP contribution in [0.3, 0.4) is 0 Å². The SMILES string of the molecule is COc1cc(NC(=O)c2nnc(N)s2)ccc1F. The molecule has 0 spiro atoms. The molecule has 0 atom stereocenters. The Hall–Kier alpha value is -2.22. The van der Waals surface area contributed by atoms with Crippen LogP contribution in [0.15, 0.2) is 18.2 Å². The summed E-state index contributed by atoms with van der Waals surface area (Å²) in [5.74, 6) is -0.918. The Labute approximate surface area is 106 Å². The van der Waals surface area contributed by atoms with E-state index < -0.39 is 11.7 Å². The zero-order chi connectivity index (χ0) is 13.1. The Morgan fingerprint density at radius 3 is 2.89 bits per heavy atom. The predicted octanol–water partition coefficient (Wildman–Crippen LogP) is 1.52. The number of nitrogens with one attached hydrogen (secondary N) is 1. The zero-order valence-electron chi connectivity index (χ0n) is 9.31. The summed E-state index contributed by atoms with van der Waals surface area (Å²) in [6.45, 7) is 0. The van der Waals surface area contributed by atoms with Crippen LogP contribution in [0.4, 0.5) is 15.2 Å². The number of hydrogen-bond donors (Lipinski definition) is 2. The highest BCUT2D eigenvalue weighted by atomic mass is 32.1. The van der Waals surface area contributed by atoms with E-state index in [-0.39, 0.29) is 15.9 Å². The van der Waals surface area contributed by atoms with Gasteiger partial charge in [0.15, 0.2) is 11.6 Å². The first-order valence-electron chi connectivity index (χ1n) is 4.84. The van der Waals surface area contributed by atoms with Crippen molar-refractivity contribution in [1.29, 1.82) is 0 Å². The standard InChI is InChI=1S/C10H9FN4O2S/c1-17-7-4-5(2-3-6(7)11)13-8(16)9-14-15-10(12)18-9/h2-4H,1H3,(H2,12,15)(H,13,16). The van der Waals surface area contributed by atoms with Crippen LogP contribution in [0.1, 0.15) is 9.80 Å². The quantitative estimate of drug-likeness (QED) is 0.880. The Bertz CT molecular complexity index is 587. The van der Waals surface area contributed by atoms with Crippen LogP contribution < -0.4 is 15.8 Å². The van der Waals surface area contributed by atoms with E-state index in [0.717, 1.165) is 11.3 Å². The number of nitrogens with two attached hydrogens (primary N) is 1. The van der Waals surface area contributed by atoms with Crippen LogP contribution in [0, 0.1) is 5.82 Å². The van der Waals surface area contributed by atoms with Crippen molar-refractivity contribution in [2.24, 2.45) is 0 Å². The average Bonchev–Trinajstić information content (AvgIpc) is 2.78. The molecule has 8 heteroatoms. The summed E-state index contributed by atoms with van der Waals surface area (Å²) in [7, 11) is 1.34. The molecule has 0 fully saturated rings. The number of nitrogen functional groups attached to an aromatic ring is 1. The summed E-state index contributed by atoms with van der Waals surface area (Å²) in [6, 6.07) is 3.99. The van der Waals surface area contributed by atoms with Gasteiger partial charge in [-0.15, -0.1) is 10.2 Å². The molecule has 0 aliphatic carbocycles. The molecule has 0 saturated carbocycles. The number of carbonyl (C=O) groups excluding carboxylic acids is 1. The lowest BCUT2D eigenvalue weighted by molar-refractivity contribution is 0.102. The van der Waals surface area contributed by atoms with Crippen LogP contribution in [0.5, 0.6) is 5.75 Å². The van der Waals surface area contributed by atoms with Crippen molar-refractivity contribution in [3.63, 3.8) is 0 Å². The molecule has 2 rings (SSSR count). The number of carbonyl (C=O) groups is 1. The molecule has 0 aliphatic heterocycles. The van der Waals surface area contributed by atoms with Gasteiger partial charge < -0.3 is 15.8 Å². The van der Waals surface area contributed by atoms with E-state index in [9.17, 15) is 9.18 Å². The van der Waals surface area contributed by atoms with Gasteiger partial charge in [-0.05, 0) is 12.1 Å². The van der Waals surface area contributed by atoms with Gasteiger partial charge in [-0.25, -0.2) is 4.39 Å². The highest BCUT2D eigenvalue weighted by Crippen LogP contribution is 2.22. The molecule has 94 valence electrons.